The van der Waals surface area contributed by atoms with Crippen LogP contribution in [0.3, 0.4) is 0 Å². The van der Waals surface area contributed by atoms with Crippen molar-refractivity contribution in [2.24, 2.45) is 0 Å². The molecule has 2 rings (SSSR count). The minimum Gasteiger partial charge on any atom is -0.468 e. The molecule has 92 valence electrons. The van der Waals surface area contributed by atoms with Gasteiger partial charge >= 0.3 is 5.97 Å². The number of aromatic nitrogens is 2. The molecular weight excluding hydrogens is 220 g/mol. The molecule has 6 heteroatoms. The minimum atomic E-state index is -0.289. The molecule has 0 aromatic carbocycles. The van der Waals surface area contributed by atoms with Crippen LogP contribution in [0.1, 0.15) is 12.8 Å². The van der Waals surface area contributed by atoms with Crippen molar-refractivity contribution < 1.29 is 9.53 Å². The van der Waals surface area contributed by atoms with Gasteiger partial charge in [-0.3, -0.25) is 4.79 Å². The maximum atomic E-state index is 11.1. The Labute approximate surface area is 100 Å². The summed E-state index contributed by atoms with van der Waals surface area (Å²) in [6, 6.07) is 2.38. The van der Waals surface area contributed by atoms with Crippen molar-refractivity contribution in [1.29, 1.82) is 0 Å². The Hall–Kier alpha value is -1.85. The first-order valence-corrected chi connectivity index (χ1v) is 5.55. The molecule has 0 amide bonds. The average molecular weight is 236 g/mol. The third-order valence-corrected chi connectivity index (χ3v) is 2.57. The molecule has 0 atom stereocenters. The van der Waals surface area contributed by atoms with E-state index < -0.39 is 0 Å². The van der Waals surface area contributed by atoms with Crippen molar-refractivity contribution in [3.8, 4) is 0 Å². The lowest BCUT2D eigenvalue weighted by atomic mass is 10.4. The standard InChI is InChI=1S/C11H16N4O2/c1-15(6-11(16)17-2)10-5-9(12-7-13-10)14-8-3-4-8/h5,7-8H,3-4,6H2,1-2H3,(H,12,13,14). The third kappa shape index (κ3) is 3.30. The second kappa shape index (κ2) is 4.99. The molecule has 1 fully saturated rings. The van der Waals surface area contributed by atoms with Crippen molar-refractivity contribution in [2.45, 2.75) is 18.9 Å². The Morgan fingerprint density at radius 3 is 3.00 bits per heavy atom. The summed E-state index contributed by atoms with van der Waals surface area (Å²) in [6.07, 6.45) is 3.88. The summed E-state index contributed by atoms with van der Waals surface area (Å²) >= 11 is 0. The van der Waals surface area contributed by atoms with Gasteiger partial charge < -0.3 is 15.0 Å². The van der Waals surface area contributed by atoms with E-state index in [9.17, 15) is 4.79 Å². The molecule has 0 saturated heterocycles. The quantitative estimate of drug-likeness (QED) is 0.757. The zero-order valence-electron chi connectivity index (χ0n) is 10.0. The number of nitrogens with one attached hydrogen (secondary N) is 1. The summed E-state index contributed by atoms with van der Waals surface area (Å²) in [5.74, 6) is 1.21. The van der Waals surface area contributed by atoms with Gasteiger partial charge in [-0.2, -0.15) is 0 Å². The van der Waals surface area contributed by atoms with Crippen LogP contribution in [0.4, 0.5) is 11.6 Å². The van der Waals surface area contributed by atoms with Crippen molar-refractivity contribution in [1.82, 2.24) is 9.97 Å². The Balaban J connectivity index is 2.00. The first-order valence-electron chi connectivity index (χ1n) is 5.55. The van der Waals surface area contributed by atoms with Gasteiger partial charge in [0.15, 0.2) is 0 Å². The summed E-state index contributed by atoms with van der Waals surface area (Å²) in [7, 11) is 3.16. The van der Waals surface area contributed by atoms with Crippen LogP contribution in [0.5, 0.6) is 0 Å². The molecular formula is C11H16N4O2. The van der Waals surface area contributed by atoms with Gasteiger partial charge in [0.25, 0.3) is 0 Å². The van der Waals surface area contributed by atoms with E-state index in [4.69, 9.17) is 0 Å². The van der Waals surface area contributed by atoms with Crippen LogP contribution in [0, 0.1) is 0 Å². The maximum Gasteiger partial charge on any atom is 0.325 e. The van der Waals surface area contributed by atoms with Crippen LogP contribution in [0.25, 0.3) is 0 Å². The zero-order chi connectivity index (χ0) is 12.3. The van der Waals surface area contributed by atoms with E-state index in [1.807, 2.05) is 6.07 Å². The van der Waals surface area contributed by atoms with E-state index in [0.717, 1.165) is 5.82 Å². The van der Waals surface area contributed by atoms with Crippen LogP contribution in [-0.2, 0) is 9.53 Å². The molecule has 0 bridgehead atoms. The zero-order valence-corrected chi connectivity index (χ0v) is 10.0. The van der Waals surface area contributed by atoms with Gasteiger partial charge in [-0.1, -0.05) is 0 Å². The molecule has 1 aromatic rings. The number of esters is 1. The molecule has 1 aromatic heterocycles. The molecule has 1 saturated carbocycles. The first-order chi connectivity index (χ1) is 8.19. The number of methoxy groups -OCH3 is 1. The number of hydrogen-bond acceptors (Lipinski definition) is 6. The highest BCUT2D eigenvalue weighted by atomic mass is 16.5. The summed E-state index contributed by atoms with van der Waals surface area (Å²) in [5.41, 5.74) is 0. The van der Waals surface area contributed by atoms with E-state index in [-0.39, 0.29) is 12.5 Å². The fourth-order valence-electron chi connectivity index (χ4n) is 1.41. The lowest BCUT2D eigenvalue weighted by Gasteiger charge is -2.16. The number of rotatable bonds is 5. The molecule has 0 unspecified atom stereocenters. The predicted molar refractivity (Wildman–Crippen MR) is 64.0 cm³/mol. The fraction of sp³-hybridized carbons (Fsp3) is 0.545. The van der Waals surface area contributed by atoms with Crippen molar-refractivity contribution in [2.75, 3.05) is 30.9 Å². The lowest BCUT2D eigenvalue weighted by Crippen LogP contribution is -2.27. The highest BCUT2D eigenvalue weighted by molar-refractivity contribution is 5.75. The molecule has 1 heterocycles. The molecule has 17 heavy (non-hydrogen) atoms. The molecule has 6 nitrogen and oxygen atoms in total. The van der Waals surface area contributed by atoms with Gasteiger partial charge in [0.05, 0.1) is 7.11 Å². The van der Waals surface area contributed by atoms with Crippen LogP contribution >= 0.6 is 0 Å². The number of carbonyl (C=O) groups is 1. The van der Waals surface area contributed by atoms with E-state index in [2.05, 4.69) is 20.0 Å². The number of anilines is 2. The summed E-state index contributed by atoms with van der Waals surface area (Å²) in [5, 5.41) is 3.28. The topological polar surface area (TPSA) is 67.3 Å². The lowest BCUT2D eigenvalue weighted by molar-refractivity contribution is -0.138. The fourth-order valence-corrected chi connectivity index (χ4v) is 1.41. The van der Waals surface area contributed by atoms with Crippen LogP contribution in [0.15, 0.2) is 12.4 Å². The smallest absolute Gasteiger partial charge is 0.325 e. The van der Waals surface area contributed by atoms with Gasteiger partial charge in [0, 0.05) is 19.2 Å². The van der Waals surface area contributed by atoms with Crippen LogP contribution in [0.2, 0.25) is 0 Å². The van der Waals surface area contributed by atoms with Crippen molar-refractivity contribution in [3.05, 3.63) is 12.4 Å². The average Bonchev–Trinajstić information content (AvgIpc) is 3.13. The summed E-state index contributed by atoms with van der Waals surface area (Å²) < 4.78 is 4.61. The van der Waals surface area contributed by atoms with E-state index in [0.29, 0.717) is 11.9 Å². The maximum absolute atomic E-state index is 11.1. The number of nitrogens with zero attached hydrogens (tertiary/aromatic N) is 3. The molecule has 0 spiro atoms. The van der Waals surface area contributed by atoms with Gasteiger partial charge in [0.2, 0.25) is 0 Å². The SMILES string of the molecule is COC(=O)CN(C)c1cc(NC2CC2)ncn1. The van der Waals surface area contributed by atoms with Gasteiger partial charge in [-0.25, -0.2) is 9.97 Å². The van der Waals surface area contributed by atoms with Gasteiger partial charge in [-0.15, -0.1) is 0 Å². The van der Waals surface area contributed by atoms with Crippen LogP contribution < -0.4 is 10.2 Å². The summed E-state index contributed by atoms with van der Waals surface area (Å²) in [6.45, 7) is 0.177. The largest absolute Gasteiger partial charge is 0.468 e. The number of likely N-dealkylation sites (N-methyl/N-ethyl adjacent to an activating group) is 1. The molecule has 1 aliphatic carbocycles. The molecule has 0 aliphatic heterocycles. The highest BCUT2D eigenvalue weighted by Gasteiger charge is 2.21. The Morgan fingerprint density at radius 1 is 1.59 bits per heavy atom. The van der Waals surface area contributed by atoms with E-state index in [1.54, 1.807) is 11.9 Å². The molecule has 1 N–H and O–H groups in total. The molecule has 0 radical (unpaired) electrons. The van der Waals surface area contributed by atoms with E-state index in [1.165, 1.54) is 26.3 Å². The third-order valence-electron chi connectivity index (χ3n) is 2.57. The minimum absolute atomic E-state index is 0.177. The normalized spacial score (nSPS) is 14.2. The number of ether oxygens (including phenoxy) is 1. The highest BCUT2D eigenvalue weighted by Crippen LogP contribution is 2.24. The Bertz CT molecular complexity index is 406. The summed E-state index contributed by atoms with van der Waals surface area (Å²) in [4.78, 5) is 21.1. The molecule has 1 aliphatic rings. The van der Waals surface area contributed by atoms with Gasteiger partial charge in [0.1, 0.15) is 24.5 Å². The predicted octanol–water partition coefficient (Wildman–Crippen LogP) is 0.660. The van der Waals surface area contributed by atoms with Crippen LogP contribution in [-0.4, -0.2) is 42.7 Å². The van der Waals surface area contributed by atoms with E-state index >= 15 is 0 Å². The van der Waals surface area contributed by atoms with Gasteiger partial charge in [-0.05, 0) is 12.8 Å². The van der Waals surface area contributed by atoms with Crippen molar-refractivity contribution in [3.63, 3.8) is 0 Å². The monoisotopic (exact) mass is 236 g/mol. The Kier molecular flexibility index (Phi) is 3.41. The van der Waals surface area contributed by atoms with Crippen molar-refractivity contribution >= 4 is 17.6 Å². The Morgan fingerprint density at radius 2 is 2.35 bits per heavy atom. The second-order valence-electron chi connectivity index (χ2n) is 4.11. The number of hydrogen-bond donors (Lipinski definition) is 1. The number of carbonyl (C=O) groups excluding carboxylic acids is 1. The first kappa shape index (κ1) is 11.6. The second-order valence-corrected chi connectivity index (χ2v) is 4.11.